The number of aryl methyl sites for hydroxylation is 1. The van der Waals surface area contributed by atoms with E-state index in [1.165, 1.54) is 0 Å². The Kier molecular flexibility index (Phi) is 4.51. The van der Waals surface area contributed by atoms with Gasteiger partial charge in [-0.15, -0.1) is 11.3 Å². The molecule has 0 fully saturated rings. The lowest BCUT2D eigenvalue weighted by molar-refractivity contribution is 0.0771. The highest BCUT2D eigenvalue weighted by molar-refractivity contribution is 7.09. The maximum atomic E-state index is 6.02. The van der Waals surface area contributed by atoms with Crippen LogP contribution in [0.5, 0.6) is 0 Å². The fourth-order valence-electron chi connectivity index (χ4n) is 1.52. The summed E-state index contributed by atoms with van der Waals surface area (Å²) in [5, 5.41) is 3.16. The largest absolute Gasteiger partial charge is 0.380 e. The maximum Gasteiger partial charge on any atom is 0.0897 e. The molecule has 0 bridgehead atoms. The lowest BCUT2D eigenvalue weighted by atomic mass is 10.0. The minimum atomic E-state index is 0.0477. The molecule has 0 aliphatic heterocycles. The molecule has 0 radical (unpaired) electrons. The van der Waals surface area contributed by atoms with Gasteiger partial charge in [0.2, 0.25) is 0 Å². The molecule has 14 heavy (non-hydrogen) atoms. The van der Waals surface area contributed by atoms with Gasteiger partial charge in [-0.05, 0) is 13.3 Å². The number of hydrogen-bond acceptors (Lipinski definition) is 4. The molecule has 1 rings (SSSR count). The topological polar surface area (TPSA) is 48.1 Å². The number of hydrogen-bond donors (Lipinski definition) is 1. The van der Waals surface area contributed by atoms with Crippen LogP contribution in [0.15, 0.2) is 5.38 Å². The molecule has 80 valence electrons. The highest BCUT2D eigenvalue weighted by atomic mass is 32.1. The first-order chi connectivity index (χ1) is 6.67. The number of rotatable bonds is 5. The van der Waals surface area contributed by atoms with Crippen molar-refractivity contribution in [1.82, 2.24) is 4.98 Å². The number of thiazole rings is 1. The first-order valence-corrected chi connectivity index (χ1v) is 5.74. The third-order valence-electron chi connectivity index (χ3n) is 2.29. The van der Waals surface area contributed by atoms with Crippen molar-refractivity contribution >= 4 is 11.3 Å². The highest BCUT2D eigenvalue weighted by Gasteiger charge is 2.16. The van der Waals surface area contributed by atoms with E-state index in [0.717, 1.165) is 23.5 Å². The third kappa shape index (κ3) is 3.04. The fraction of sp³-hybridized carbons (Fsp3) is 0.700. The molecular formula is C10H18N2OS. The highest BCUT2D eigenvalue weighted by Crippen LogP contribution is 2.12. The van der Waals surface area contributed by atoms with E-state index >= 15 is 0 Å². The van der Waals surface area contributed by atoms with Crippen LogP contribution in [0.25, 0.3) is 0 Å². The van der Waals surface area contributed by atoms with Gasteiger partial charge in [0, 0.05) is 25.0 Å². The zero-order chi connectivity index (χ0) is 10.6. The van der Waals surface area contributed by atoms with Crippen molar-refractivity contribution < 1.29 is 4.74 Å². The summed E-state index contributed by atoms with van der Waals surface area (Å²) < 4.78 is 5.29. The molecule has 0 amide bonds. The van der Waals surface area contributed by atoms with E-state index in [9.17, 15) is 0 Å². The van der Waals surface area contributed by atoms with E-state index in [-0.39, 0.29) is 12.1 Å². The summed E-state index contributed by atoms with van der Waals surface area (Å²) in [4.78, 5) is 4.38. The third-order valence-corrected chi connectivity index (χ3v) is 3.12. The minimum absolute atomic E-state index is 0.0477. The molecule has 0 aromatic carbocycles. The zero-order valence-corrected chi connectivity index (χ0v) is 9.80. The zero-order valence-electron chi connectivity index (χ0n) is 8.99. The second-order valence-electron chi connectivity index (χ2n) is 3.41. The van der Waals surface area contributed by atoms with E-state index in [2.05, 4.69) is 17.3 Å². The molecule has 0 spiro atoms. The van der Waals surface area contributed by atoms with Crippen LogP contribution in [0.1, 0.15) is 24.0 Å². The van der Waals surface area contributed by atoms with Gasteiger partial charge in [-0.25, -0.2) is 4.98 Å². The van der Waals surface area contributed by atoms with Gasteiger partial charge in [0.1, 0.15) is 0 Å². The van der Waals surface area contributed by atoms with Gasteiger partial charge in [0.05, 0.1) is 16.8 Å². The van der Waals surface area contributed by atoms with Crippen LogP contribution >= 0.6 is 11.3 Å². The van der Waals surface area contributed by atoms with Gasteiger partial charge < -0.3 is 10.5 Å². The van der Waals surface area contributed by atoms with Crippen molar-refractivity contribution in [3.63, 3.8) is 0 Å². The molecule has 0 aliphatic rings. The Labute approximate surface area is 89.3 Å². The number of methoxy groups -OCH3 is 1. The molecule has 2 unspecified atom stereocenters. The van der Waals surface area contributed by atoms with Gasteiger partial charge in [0.25, 0.3) is 0 Å². The summed E-state index contributed by atoms with van der Waals surface area (Å²) >= 11 is 1.67. The number of nitrogens with two attached hydrogens (primary N) is 1. The first-order valence-electron chi connectivity index (χ1n) is 4.86. The van der Waals surface area contributed by atoms with Crippen LogP contribution in [-0.2, 0) is 11.2 Å². The van der Waals surface area contributed by atoms with E-state index < -0.39 is 0 Å². The molecule has 1 aromatic rings. The van der Waals surface area contributed by atoms with Crippen molar-refractivity contribution in [3.05, 3.63) is 16.1 Å². The Hall–Kier alpha value is -0.450. The Morgan fingerprint density at radius 2 is 2.36 bits per heavy atom. The van der Waals surface area contributed by atoms with Crippen molar-refractivity contribution in [2.24, 2.45) is 5.73 Å². The van der Waals surface area contributed by atoms with E-state index in [4.69, 9.17) is 10.5 Å². The smallest absolute Gasteiger partial charge is 0.0897 e. The Morgan fingerprint density at radius 1 is 1.64 bits per heavy atom. The monoisotopic (exact) mass is 214 g/mol. The average molecular weight is 214 g/mol. The van der Waals surface area contributed by atoms with Gasteiger partial charge in [-0.3, -0.25) is 0 Å². The molecule has 1 aromatic heterocycles. The summed E-state index contributed by atoms with van der Waals surface area (Å²) in [6, 6.07) is 0.0477. The standard InChI is InChI=1S/C10H18N2OS/c1-4-10(13-3)9(11)5-8-6-14-7(2)12-8/h6,9-10H,4-5,11H2,1-3H3. The van der Waals surface area contributed by atoms with Crippen molar-refractivity contribution in [3.8, 4) is 0 Å². The second kappa shape index (κ2) is 5.44. The molecule has 2 N–H and O–H groups in total. The van der Waals surface area contributed by atoms with E-state index in [1.807, 2.05) is 6.92 Å². The van der Waals surface area contributed by atoms with Crippen molar-refractivity contribution in [1.29, 1.82) is 0 Å². The first kappa shape index (κ1) is 11.6. The van der Waals surface area contributed by atoms with Gasteiger partial charge in [0.15, 0.2) is 0 Å². The lowest BCUT2D eigenvalue weighted by Gasteiger charge is -2.20. The minimum Gasteiger partial charge on any atom is -0.380 e. The Bertz CT molecular complexity index is 271. The lowest BCUT2D eigenvalue weighted by Crippen LogP contribution is -2.37. The molecular weight excluding hydrogens is 196 g/mol. The average Bonchev–Trinajstić information content (AvgIpc) is 2.53. The fourth-order valence-corrected chi connectivity index (χ4v) is 2.14. The van der Waals surface area contributed by atoms with Gasteiger partial charge in [-0.2, -0.15) is 0 Å². The van der Waals surface area contributed by atoms with Crippen molar-refractivity contribution in [2.75, 3.05) is 7.11 Å². The molecule has 0 saturated heterocycles. The molecule has 3 nitrogen and oxygen atoms in total. The van der Waals surface area contributed by atoms with Crippen LogP contribution in [-0.4, -0.2) is 24.2 Å². The SMILES string of the molecule is CCC(OC)C(N)Cc1csc(C)n1. The molecule has 0 aliphatic carbocycles. The normalized spacial score (nSPS) is 15.4. The quantitative estimate of drug-likeness (QED) is 0.812. The summed E-state index contributed by atoms with van der Waals surface area (Å²) in [5.41, 5.74) is 7.10. The molecule has 2 atom stereocenters. The summed E-state index contributed by atoms with van der Waals surface area (Å²) in [7, 11) is 1.71. The predicted octanol–water partition coefficient (Wildman–Crippen LogP) is 1.75. The predicted molar refractivity (Wildman–Crippen MR) is 59.6 cm³/mol. The van der Waals surface area contributed by atoms with Crippen LogP contribution in [0, 0.1) is 6.92 Å². The number of ether oxygens (including phenoxy) is 1. The van der Waals surface area contributed by atoms with Crippen molar-refractivity contribution in [2.45, 2.75) is 38.8 Å². The summed E-state index contributed by atoms with van der Waals surface area (Å²) in [5.74, 6) is 0. The van der Waals surface area contributed by atoms with E-state index in [0.29, 0.717) is 0 Å². The van der Waals surface area contributed by atoms with Gasteiger partial charge in [-0.1, -0.05) is 6.92 Å². The van der Waals surface area contributed by atoms with E-state index in [1.54, 1.807) is 18.4 Å². The summed E-state index contributed by atoms with van der Waals surface area (Å²) in [6.45, 7) is 4.09. The number of nitrogens with zero attached hydrogens (tertiary/aromatic N) is 1. The second-order valence-corrected chi connectivity index (χ2v) is 4.47. The summed E-state index contributed by atoms with van der Waals surface area (Å²) in [6.07, 6.45) is 1.88. The molecule has 1 heterocycles. The molecule has 0 saturated carbocycles. The Morgan fingerprint density at radius 3 is 2.79 bits per heavy atom. The van der Waals surface area contributed by atoms with Crippen LogP contribution < -0.4 is 5.73 Å². The van der Waals surface area contributed by atoms with Gasteiger partial charge >= 0.3 is 0 Å². The number of aromatic nitrogens is 1. The maximum absolute atomic E-state index is 6.02. The Balaban J connectivity index is 2.51. The molecule has 4 heteroatoms. The van der Waals surface area contributed by atoms with Crippen LogP contribution in [0.2, 0.25) is 0 Å². The van der Waals surface area contributed by atoms with Crippen LogP contribution in [0.4, 0.5) is 0 Å². The van der Waals surface area contributed by atoms with Crippen LogP contribution in [0.3, 0.4) is 0 Å².